The van der Waals surface area contributed by atoms with Crippen LogP contribution in [0, 0.1) is 6.92 Å². The number of rotatable bonds is 0. The van der Waals surface area contributed by atoms with Crippen LogP contribution >= 0.6 is 0 Å². The van der Waals surface area contributed by atoms with Gasteiger partial charge in [0.1, 0.15) is 34.2 Å². The molecule has 5 aromatic rings. The molecule has 0 unspecified atom stereocenters. The molecule has 0 N–H and O–H groups in total. The summed E-state index contributed by atoms with van der Waals surface area (Å²) in [7, 11) is 0. The van der Waals surface area contributed by atoms with Crippen molar-refractivity contribution in [2.45, 2.75) is 52.4 Å². The minimum Gasteiger partial charge on any atom is -0.458 e. The molecule has 4 aromatic carbocycles. The van der Waals surface area contributed by atoms with Crippen molar-refractivity contribution in [2.75, 3.05) is 0 Å². The first-order chi connectivity index (χ1) is 17.4. The molecule has 0 radical (unpaired) electrons. The van der Waals surface area contributed by atoms with Crippen molar-refractivity contribution in [1.82, 2.24) is 0 Å². The number of hydrogen-bond acceptors (Lipinski definition) is 3. The van der Waals surface area contributed by atoms with Gasteiger partial charge in [-0.15, -0.1) is 0 Å². The molecule has 4 heteroatoms. The first-order valence-corrected chi connectivity index (χ1v) is 13.0. The number of fused-ring (bicyclic) bond motifs is 10. The van der Waals surface area contributed by atoms with Gasteiger partial charge in [0.25, 0.3) is 6.71 Å². The van der Waals surface area contributed by atoms with E-state index in [4.69, 9.17) is 13.9 Å². The zero-order chi connectivity index (χ0) is 24.3. The molecule has 0 fully saturated rings. The first kappa shape index (κ1) is 20.5. The summed E-state index contributed by atoms with van der Waals surface area (Å²) in [5.74, 6) is 3.64. The standard InChI is InChI=1S/C32H27BO3/c1-17-14-26-29-27(15-17)36-31-22(33(29)23-16-19(32(2,3)4)9-12-24(23)34-26)11-13-25-28(31)21-10-8-18-6-5-7-20(18)30(21)35-25/h8-16H,5-7H2,1-4H3. The molecule has 0 saturated carbocycles. The summed E-state index contributed by atoms with van der Waals surface area (Å²) >= 11 is 0. The van der Waals surface area contributed by atoms with Gasteiger partial charge in [-0.1, -0.05) is 51.1 Å². The lowest BCUT2D eigenvalue weighted by Crippen LogP contribution is -2.57. The molecule has 1 aliphatic carbocycles. The summed E-state index contributed by atoms with van der Waals surface area (Å²) in [5, 5.41) is 2.25. The molecule has 176 valence electrons. The number of ether oxygens (including phenoxy) is 2. The molecule has 3 aliphatic rings. The Morgan fingerprint density at radius 3 is 2.47 bits per heavy atom. The lowest BCUT2D eigenvalue weighted by atomic mass is 9.34. The van der Waals surface area contributed by atoms with Gasteiger partial charge in [-0.05, 0) is 89.0 Å². The minimum atomic E-state index is 0.0461. The molecule has 0 spiro atoms. The second kappa shape index (κ2) is 6.76. The monoisotopic (exact) mass is 470 g/mol. The molecule has 0 atom stereocenters. The van der Waals surface area contributed by atoms with Gasteiger partial charge in [-0.3, -0.25) is 0 Å². The van der Waals surface area contributed by atoms with Crippen LogP contribution in [-0.4, -0.2) is 6.71 Å². The number of furan rings is 1. The first-order valence-electron chi connectivity index (χ1n) is 13.0. The minimum absolute atomic E-state index is 0.0461. The zero-order valence-corrected chi connectivity index (χ0v) is 21.1. The maximum atomic E-state index is 6.78. The second-order valence-electron chi connectivity index (χ2n) is 11.7. The van der Waals surface area contributed by atoms with Gasteiger partial charge in [0, 0.05) is 10.8 Å². The third-order valence-corrected chi connectivity index (χ3v) is 8.33. The molecule has 36 heavy (non-hydrogen) atoms. The van der Waals surface area contributed by atoms with E-state index in [9.17, 15) is 0 Å². The Balaban J connectivity index is 1.45. The van der Waals surface area contributed by atoms with Gasteiger partial charge < -0.3 is 13.9 Å². The molecule has 1 aromatic heterocycles. The van der Waals surface area contributed by atoms with Crippen molar-refractivity contribution in [2.24, 2.45) is 0 Å². The van der Waals surface area contributed by atoms with Gasteiger partial charge in [0.2, 0.25) is 0 Å². The van der Waals surface area contributed by atoms with E-state index in [-0.39, 0.29) is 12.1 Å². The highest BCUT2D eigenvalue weighted by Crippen LogP contribution is 2.44. The molecule has 3 nitrogen and oxygen atoms in total. The van der Waals surface area contributed by atoms with E-state index >= 15 is 0 Å². The van der Waals surface area contributed by atoms with Crippen LogP contribution in [0.2, 0.25) is 0 Å². The van der Waals surface area contributed by atoms with E-state index in [2.05, 4.69) is 82.3 Å². The van der Waals surface area contributed by atoms with E-state index < -0.39 is 0 Å². The fraction of sp³-hybridized carbons (Fsp3) is 0.250. The van der Waals surface area contributed by atoms with Crippen molar-refractivity contribution >= 4 is 45.0 Å². The predicted molar refractivity (Wildman–Crippen MR) is 147 cm³/mol. The SMILES string of the molecule is Cc1cc2c3c(c1)Oc1c(ccc4oc5c6c(ccc5c14)CCC6)B3c1cc(C(C)(C)C)ccc1O2. The van der Waals surface area contributed by atoms with Crippen molar-refractivity contribution in [3.05, 3.63) is 76.9 Å². The molecule has 0 saturated heterocycles. The van der Waals surface area contributed by atoms with Crippen LogP contribution in [0.4, 0.5) is 0 Å². The highest BCUT2D eigenvalue weighted by atomic mass is 16.5. The van der Waals surface area contributed by atoms with E-state index in [1.165, 1.54) is 34.0 Å². The Labute approximate surface area is 211 Å². The van der Waals surface area contributed by atoms with Crippen LogP contribution in [0.5, 0.6) is 23.0 Å². The average Bonchev–Trinajstić information content (AvgIpc) is 3.47. The van der Waals surface area contributed by atoms with Gasteiger partial charge in [-0.25, -0.2) is 0 Å². The highest BCUT2D eigenvalue weighted by Gasteiger charge is 2.42. The third-order valence-electron chi connectivity index (χ3n) is 8.33. The smallest absolute Gasteiger partial charge is 0.260 e. The summed E-state index contributed by atoms with van der Waals surface area (Å²) in [6.45, 7) is 8.94. The lowest BCUT2D eigenvalue weighted by molar-refractivity contribution is 0.466. The van der Waals surface area contributed by atoms with E-state index in [0.29, 0.717) is 0 Å². The molecule has 8 rings (SSSR count). The number of hydrogen-bond donors (Lipinski definition) is 0. The van der Waals surface area contributed by atoms with Crippen molar-refractivity contribution in [3.8, 4) is 23.0 Å². The van der Waals surface area contributed by atoms with Crippen molar-refractivity contribution in [3.63, 3.8) is 0 Å². The molecule has 2 aliphatic heterocycles. The zero-order valence-electron chi connectivity index (χ0n) is 21.1. The highest BCUT2D eigenvalue weighted by molar-refractivity contribution is 6.98. The van der Waals surface area contributed by atoms with E-state index in [1.54, 1.807) is 0 Å². The third kappa shape index (κ3) is 2.65. The second-order valence-corrected chi connectivity index (χ2v) is 11.7. The Hall–Kier alpha value is -3.66. The number of aryl methyl sites for hydroxylation is 3. The van der Waals surface area contributed by atoms with E-state index in [0.717, 1.165) is 68.8 Å². The maximum absolute atomic E-state index is 6.78. The Kier molecular flexibility index (Phi) is 3.85. The fourth-order valence-electron chi connectivity index (χ4n) is 6.54. The maximum Gasteiger partial charge on any atom is 0.260 e. The van der Waals surface area contributed by atoms with Gasteiger partial charge in [0.15, 0.2) is 0 Å². The van der Waals surface area contributed by atoms with Gasteiger partial charge in [0.05, 0.1) is 5.39 Å². The van der Waals surface area contributed by atoms with Crippen LogP contribution < -0.4 is 25.9 Å². The number of benzene rings is 4. The Morgan fingerprint density at radius 2 is 1.64 bits per heavy atom. The summed E-state index contributed by atoms with van der Waals surface area (Å²) in [5.41, 5.74) is 10.7. The molecule has 3 heterocycles. The van der Waals surface area contributed by atoms with Crippen molar-refractivity contribution in [1.29, 1.82) is 0 Å². The average molecular weight is 470 g/mol. The largest absolute Gasteiger partial charge is 0.458 e. The van der Waals surface area contributed by atoms with Gasteiger partial charge >= 0.3 is 0 Å². The van der Waals surface area contributed by atoms with Crippen molar-refractivity contribution < 1.29 is 13.9 Å². The summed E-state index contributed by atoms with van der Waals surface area (Å²) in [6, 6.07) is 19.8. The molecular formula is C32H27BO3. The fourth-order valence-corrected chi connectivity index (χ4v) is 6.54. The van der Waals surface area contributed by atoms with Crippen LogP contribution in [0.1, 0.15) is 49.4 Å². The normalized spacial score (nSPS) is 15.3. The quantitative estimate of drug-likeness (QED) is 0.240. The lowest BCUT2D eigenvalue weighted by Gasteiger charge is -2.34. The Bertz CT molecular complexity index is 1770. The summed E-state index contributed by atoms with van der Waals surface area (Å²) in [6.07, 6.45) is 3.43. The van der Waals surface area contributed by atoms with Crippen LogP contribution in [0.25, 0.3) is 21.9 Å². The van der Waals surface area contributed by atoms with Gasteiger partial charge in [-0.2, -0.15) is 0 Å². The predicted octanol–water partition coefficient (Wildman–Crippen LogP) is 6.41. The molecular weight excluding hydrogens is 443 g/mol. The van der Waals surface area contributed by atoms with Crippen LogP contribution in [-0.2, 0) is 18.3 Å². The molecule has 0 bridgehead atoms. The summed E-state index contributed by atoms with van der Waals surface area (Å²) in [4.78, 5) is 0. The Morgan fingerprint density at radius 1 is 0.806 bits per heavy atom. The van der Waals surface area contributed by atoms with Crippen LogP contribution in [0.15, 0.2) is 59.0 Å². The summed E-state index contributed by atoms with van der Waals surface area (Å²) < 4.78 is 19.8. The van der Waals surface area contributed by atoms with Crippen LogP contribution in [0.3, 0.4) is 0 Å². The molecule has 0 amide bonds. The topological polar surface area (TPSA) is 31.6 Å². The van der Waals surface area contributed by atoms with E-state index in [1.807, 2.05) is 0 Å².